The van der Waals surface area contributed by atoms with Crippen LogP contribution in [0.5, 0.6) is 11.5 Å². The minimum atomic E-state index is -0.283. The van der Waals surface area contributed by atoms with Crippen LogP contribution in [0.15, 0.2) is 30.5 Å². The van der Waals surface area contributed by atoms with Crippen molar-refractivity contribution in [1.82, 2.24) is 14.8 Å². The van der Waals surface area contributed by atoms with Gasteiger partial charge in [0.15, 0.2) is 11.5 Å². The first kappa shape index (κ1) is 19.2. The molecule has 2 aromatic heterocycles. The zero-order valence-corrected chi connectivity index (χ0v) is 16.9. The molecular formula is C22H26N4O3. The molecule has 4 rings (SSSR count). The van der Waals surface area contributed by atoms with Crippen LogP contribution in [0.25, 0.3) is 22.3 Å². The standard InChI is InChI=1S/C22H26N4O3/c1-3-29-20-11-15(8-9-19(20)28-2)17-12-16(14-6-7-14)22-18(25-17)13-24-26(22)10-4-5-21(23)27/h8-9,11-14H,3-7,10H2,1-2H3,(H2,23,27). The van der Waals surface area contributed by atoms with Crippen LogP contribution < -0.4 is 15.2 Å². The van der Waals surface area contributed by atoms with Crippen LogP contribution in [0.1, 0.15) is 44.1 Å². The summed E-state index contributed by atoms with van der Waals surface area (Å²) in [5.74, 6) is 1.68. The minimum absolute atomic E-state index is 0.283. The predicted octanol–water partition coefficient (Wildman–Crippen LogP) is 3.65. The zero-order chi connectivity index (χ0) is 20.4. The molecule has 152 valence electrons. The van der Waals surface area contributed by atoms with Gasteiger partial charge < -0.3 is 15.2 Å². The van der Waals surface area contributed by atoms with Crippen molar-refractivity contribution in [2.75, 3.05) is 13.7 Å². The van der Waals surface area contributed by atoms with Crippen molar-refractivity contribution in [2.24, 2.45) is 5.73 Å². The number of aryl methyl sites for hydroxylation is 1. The number of primary amides is 1. The van der Waals surface area contributed by atoms with Gasteiger partial charge in [-0.15, -0.1) is 0 Å². The lowest BCUT2D eigenvalue weighted by Crippen LogP contribution is -2.12. The topological polar surface area (TPSA) is 92.3 Å². The van der Waals surface area contributed by atoms with E-state index in [1.165, 1.54) is 18.4 Å². The number of pyridine rings is 1. The van der Waals surface area contributed by atoms with Gasteiger partial charge in [0.05, 0.1) is 31.1 Å². The molecule has 0 radical (unpaired) electrons. The zero-order valence-electron chi connectivity index (χ0n) is 16.9. The Morgan fingerprint density at radius 1 is 1.28 bits per heavy atom. The van der Waals surface area contributed by atoms with Crippen LogP contribution in [0.2, 0.25) is 0 Å². The first-order valence-corrected chi connectivity index (χ1v) is 10.1. The summed E-state index contributed by atoms with van der Waals surface area (Å²) in [6.45, 7) is 3.18. The smallest absolute Gasteiger partial charge is 0.217 e. The Morgan fingerprint density at radius 3 is 2.79 bits per heavy atom. The predicted molar refractivity (Wildman–Crippen MR) is 111 cm³/mol. The van der Waals surface area contributed by atoms with Gasteiger partial charge in [0.2, 0.25) is 5.91 Å². The SMILES string of the molecule is CCOc1cc(-c2cc(C3CC3)c3c(cnn3CCCC(N)=O)n2)ccc1OC. The lowest BCUT2D eigenvalue weighted by molar-refractivity contribution is -0.118. The Morgan fingerprint density at radius 2 is 2.10 bits per heavy atom. The van der Waals surface area contributed by atoms with Crippen molar-refractivity contribution in [3.8, 4) is 22.8 Å². The van der Waals surface area contributed by atoms with Crippen molar-refractivity contribution in [3.05, 3.63) is 36.0 Å². The van der Waals surface area contributed by atoms with Gasteiger partial charge in [-0.05, 0) is 61.9 Å². The van der Waals surface area contributed by atoms with Gasteiger partial charge in [0.25, 0.3) is 0 Å². The Hall–Kier alpha value is -3.09. The molecule has 2 N–H and O–H groups in total. The van der Waals surface area contributed by atoms with E-state index in [4.69, 9.17) is 20.2 Å². The van der Waals surface area contributed by atoms with Crippen LogP contribution in [0.4, 0.5) is 0 Å². The number of amides is 1. The van der Waals surface area contributed by atoms with E-state index in [-0.39, 0.29) is 5.91 Å². The molecule has 1 aromatic carbocycles. The highest BCUT2D eigenvalue weighted by atomic mass is 16.5. The van der Waals surface area contributed by atoms with Crippen LogP contribution in [-0.4, -0.2) is 34.4 Å². The molecule has 0 atom stereocenters. The third-order valence-corrected chi connectivity index (χ3v) is 5.20. The fourth-order valence-corrected chi connectivity index (χ4v) is 3.66. The van der Waals surface area contributed by atoms with E-state index in [0.717, 1.165) is 22.3 Å². The second-order valence-electron chi connectivity index (χ2n) is 7.34. The summed E-state index contributed by atoms with van der Waals surface area (Å²) in [4.78, 5) is 15.9. The number of carbonyl (C=O) groups excluding carboxylic acids is 1. The van der Waals surface area contributed by atoms with Crippen molar-refractivity contribution in [2.45, 2.75) is 45.1 Å². The Labute approximate surface area is 169 Å². The monoisotopic (exact) mass is 394 g/mol. The second-order valence-corrected chi connectivity index (χ2v) is 7.34. The normalized spacial score (nSPS) is 13.6. The van der Waals surface area contributed by atoms with Gasteiger partial charge in [0, 0.05) is 18.5 Å². The van der Waals surface area contributed by atoms with Crippen LogP contribution in [0.3, 0.4) is 0 Å². The number of methoxy groups -OCH3 is 1. The Balaban J connectivity index is 1.73. The van der Waals surface area contributed by atoms with Gasteiger partial charge in [-0.25, -0.2) is 4.98 Å². The lowest BCUT2D eigenvalue weighted by atomic mass is 10.0. The highest BCUT2D eigenvalue weighted by Gasteiger charge is 2.28. The highest BCUT2D eigenvalue weighted by Crippen LogP contribution is 2.44. The van der Waals surface area contributed by atoms with Crippen LogP contribution in [-0.2, 0) is 11.3 Å². The van der Waals surface area contributed by atoms with Gasteiger partial charge in [-0.1, -0.05) is 0 Å². The Kier molecular flexibility index (Phi) is 5.38. The molecule has 0 saturated heterocycles. The number of rotatable bonds is 9. The van der Waals surface area contributed by atoms with Gasteiger partial charge in [0.1, 0.15) is 5.52 Å². The molecule has 2 heterocycles. The van der Waals surface area contributed by atoms with Gasteiger partial charge in [-0.2, -0.15) is 5.10 Å². The molecule has 1 amide bonds. The summed E-state index contributed by atoms with van der Waals surface area (Å²) in [7, 11) is 1.64. The maximum Gasteiger partial charge on any atom is 0.217 e. The molecule has 29 heavy (non-hydrogen) atoms. The third kappa shape index (κ3) is 4.04. The number of aromatic nitrogens is 3. The van der Waals surface area contributed by atoms with E-state index in [1.54, 1.807) is 7.11 Å². The van der Waals surface area contributed by atoms with Crippen LogP contribution >= 0.6 is 0 Å². The second kappa shape index (κ2) is 8.11. The molecule has 1 aliphatic rings. The molecule has 0 spiro atoms. The molecule has 0 unspecified atom stereocenters. The van der Waals surface area contributed by atoms with E-state index in [2.05, 4.69) is 11.2 Å². The Bertz CT molecular complexity index is 1040. The summed E-state index contributed by atoms with van der Waals surface area (Å²) in [6, 6.07) is 8.06. The van der Waals surface area contributed by atoms with Crippen molar-refractivity contribution < 1.29 is 14.3 Å². The molecule has 7 heteroatoms. The summed E-state index contributed by atoms with van der Waals surface area (Å²) in [6.07, 6.45) is 5.20. The highest BCUT2D eigenvalue weighted by molar-refractivity contribution is 5.83. The summed E-state index contributed by atoms with van der Waals surface area (Å²) in [5, 5.41) is 4.53. The average molecular weight is 394 g/mol. The molecule has 3 aromatic rings. The molecule has 1 aliphatic carbocycles. The third-order valence-electron chi connectivity index (χ3n) is 5.20. The summed E-state index contributed by atoms with van der Waals surface area (Å²) < 4.78 is 13.1. The lowest BCUT2D eigenvalue weighted by Gasteiger charge is -2.13. The minimum Gasteiger partial charge on any atom is -0.493 e. The first-order chi connectivity index (χ1) is 14.1. The summed E-state index contributed by atoms with van der Waals surface area (Å²) in [5.41, 5.74) is 10.4. The number of carbonyl (C=O) groups is 1. The number of nitrogens with two attached hydrogens (primary N) is 1. The fourth-order valence-electron chi connectivity index (χ4n) is 3.66. The van der Waals surface area contributed by atoms with E-state index >= 15 is 0 Å². The van der Waals surface area contributed by atoms with E-state index in [1.807, 2.05) is 36.0 Å². The number of nitrogens with zero attached hydrogens (tertiary/aromatic N) is 3. The summed E-state index contributed by atoms with van der Waals surface area (Å²) >= 11 is 0. The van der Waals surface area contributed by atoms with Crippen molar-refractivity contribution in [3.63, 3.8) is 0 Å². The molecular weight excluding hydrogens is 368 g/mol. The number of fused-ring (bicyclic) bond motifs is 1. The van der Waals surface area contributed by atoms with Crippen molar-refractivity contribution in [1.29, 1.82) is 0 Å². The maximum absolute atomic E-state index is 11.1. The quantitative estimate of drug-likeness (QED) is 0.598. The molecule has 7 nitrogen and oxygen atoms in total. The van der Waals surface area contributed by atoms with Gasteiger partial charge in [-0.3, -0.25) is 9.48 Å². The number of hydrogen-bond donors (Lipinski definition) is 1. The van der Waals surface area contributed by atoms with Crippen molar-refractivity contribution >= 4 is 16.9 Å². The van der Waals surface area contributed by atoms with Crippen LogP contribution in [0, 0.1) is 0 Å². The fraction of sp³-hybridized carbons (Fsp3) is 0.409. The molecule has 1 saturated carbocycles. The number of benzene rings is 1. The number of hydrogen-bond acceptors (Lipinski definition) is 5. The average Bonchev–Trinajstić information content (AvgIpc) is 3.48. The van der Waals surface area contributed by atoms with E-state index < -0.39 is 0 Å². The van der Waals surface area contributed by atoms with E-state index in [0.29, 0.717) is 43.4 Å². The maximum atomic E-state index is 11.1. The number of ether oxygens (including phenoxy) is 2. The van der Waals surface area contributed by atoms with Gasteiger partial charge >= 0.3 is 0 Å². The first-order valence-electron chi connectivity index (χ1n) is 10.1. The molecule has 0 bridgehead atoms. The molecule has 1 fully saturated rings. The molecule has 0 aliphatic heterocycles. The largest absolute Gasteiger partial charge is 0.493 e. The van der Waals surface area contributed by atoms with E-state index in [9.17, 15) is 4.79 Å².